The first-order chi connectivity index (χ1) is 6.50. The van der Waals surface area contributed by atoms with Crippen molar-refractivity contribution in [2.24, 2.45) is 5.92 Å². The van der Waals surface area contributed by atoms with Crippen molar-refractivity contribution >= 4 is 11.9 Å². The van der Waals surface area contributed by atoms with Crippen LogP contribution in [0.5, 0.6) is 0 Å². The Kier molecular flexibility index (Phi) is 3.28. The normalized spacial score (nSPS) is 17.2. The van der Waals surface area contributed by atoms with Crippen molar-refractivity contribution in [1.82, 2.24) is 5.32 Å². The number of carbonyl (C=O) groups is 2. The molecule has 0 saturated heterocycles. The molecule has 2 N–H and O–H groups in total. The minimum atomic E-state index is -0.998. The van der Waals surface area contributed by atoms with Crippen LogP contribution in [0.4, 0.5) is 0 Å². The van der Waals surface area contributed by atoms with E-state index < -0.39 is 12.0 Å². The topological polar surface area (TPSA) is 66.4 Å². The third kappa shape index (κ3) is 3.20. The van der Waals surface area contributed by atoms with Gasteiger partial charge < -0.3 is 10.4 Å². The fourth-order valence-corrected chi connectivity index (χ4v) is 1.18. The van der Waals surface area contributed by atoms with Crippen molar-refractivity contribution in [3.05, 3.63) is 12.2 Å². The van der Waals surface area contributed by atoms with Crippen molar-refractivity contribution in [2.75, 3.05) is 0 Å². The summed E-state index contributed by atoms with van der Waals surface area (Å²) in [6.45, 7) is 5.38. The van der Waals surface area contributed by atoms with Gasteiger partial charge >= 0.3 is 5.97 Å². The molecule has 1 rings (SSSR count). The van der Waals surface area contributed by atoms with Gasteiger partial charge in [0.1, 0.15) is 6.04 Å². The zero-order valence-corrected chi connectivity index (χ0v) is 8.25. The minimum absolute atomic E-state index is 0.0435. The van der Waals surface area contributed by atoms with Crippen molar-refractivity contribution < 1.29 is 14.7 Å². The van der Waals surface area contributed by atoms with Gasteiger partial charge in [-0.1, -0.05) is 5.57 Å². The van der Waals surface area contributed by atoms with Gasteiger partial charge in [0, 0.05) is 5.92 Å². The lowest BCUT2D eigenvalue weighted by Crippen LogP contribution is -2.41. The largest absolute Gasteiger partial charge is 0.480 e. The molecule has 0 bridgehead atoms. The van der Waals surface area contributed by atoms with E-state index in [0.29, 0.717) is 6.42 Å². The van der Waals surface area contributed by atoms with Crippen LogP contribution in [0.2, 0.25) is 0 Å². The highest BCUT2D eigenvalue weighted by Gasteiger charge is 2.32. The Morgan fingerprint density at radius 1 is 1.57 bits per heavy atom. The fraction of sp³-hybridized carbons (Fsp3) is 0.600. The molecule has 1 aliphatic carbocycles. The van der Waals surface area contributed by atoms with Gasteiger partial charge in [-0.25, -0.2) is 4.79 Å². The lowest BCUT2D eigenvalue weighted by Gasteiger charge is -2.13. The van der Waals surface area contributed by atoms with Crippen molar-refractivity contribution in [1.29, 1.82) is 0 Å². The molecule has 0 aromatic carbocycles. The van der Waals surface area contributed by atoms with E-state index in [4.69, 9.17) is 5.11 Å². The monoisotopic (exact) mass is 197 g/mol. The Bertz CT molecular complexity index is 269. The van der Waals surface area contributed by atoms with E-state index in [-0.39, 0.29) is 11.8 Å². The average molecular weight is 197 g/mol. The Balaban J connectivity index is 2.45. The smallest absolute Gasteiger partial charge is 0.326 e. The maximum absolute atomic E-state index is 11.3. The highest BCUT2D eigenvalue weighted by Crippen LogP contribution is 2.29. The van der Waals surface area contributed by atoms with Crippen molar-refractivity contribution in [2.45, 2.75) is 32.2 Å². The van der Waals surface area contributed by atoms with Crippen LogP contribution in [0.25, 0.3) is 0 Å². The number of carboxylic acid groups (broad SMARTS) is 1. The highest BCUT2D eigenvalue weighted by molar-refractivity contribution is 5.86. The number of amides is 1. The van der Waals surface area contributed by atoms with Crippen LogP contribution in [0.15, 0.2) is 12.2 Å². The SMILES string of the molecule is C=C(C)C[C@H](NC(=O)C1CC1)C(=O)O. The summed E-state index contributed by atoms with van der Waals surface area (Å²) < 4.78 is 0. The maximum atomic E-state index is 11.3. The molecule has 0 heterocycles. The maximum Gasteiger partial charge on any atom is 0.326 e. The van der Waals surface area contributed by atoms with E-state index in [9.17, 15) is 9.59 Å². The summed E-state index contributed by atoms with van der Waals surface area (Å²) >= 11 is 0. The third-order valence-corrected chi connectivity index (χ3v) is 2.12. The van der Waals surface area contributed by atoms with Gasteiger partial charge in [-0.3, -0.25) is 4.79 Å². The number of carboxylic acids is 1. The van der Waals surface area contributed by atoms with E-state index >= 15 is 0 Å². The molecular formula is C10H15NO3. The van der Waals surface area contributed by atoms with Crippen LogP contribution in [-0.4, -0.2) is 23.0 Å². The Labute approximate surface area is 83.0 Å². The molecule has 0 unspecified atom stereocenters. The minimum Gasteiger partial charge on any atom is -0.480 e. The number of carbonyl (C=O) groups excluding carboxylic acids is 1. The van der Waals surface area contributed by atoms with Gasteiger partial charge in [-0.2, -0.15) is 0 Å². The molecule has 0 aromatic heterocycles. The van der Waals surface area contributed by atoms with Gasteiger partial charge in [0.05, 0.1) is 0 Å². The van der Waals surface area contributed by atoms with Crippen LogP contribution in [0.3, 0.4) is 0 Å². The van der Waals surface area contributed by atoms with E-state index in [1.54, 1.807) is 6.92 Å². The van der Waals surface area contributed by atoms with Crippen LogP contribution < -0.4 is 5.32 Å². The second-order valence-corrected chi connectivity index (χ2v) is 3.83. The molecule has 14 heavy (non-hydrogen) atoms. The van der Waals surface area contributed by atoms with Crippen molar-refractivity contribution in [3.8, 4) is 0 Å². The third-order valence-electron chi connectivity index (χ3n) is 2.12. The fourth-order valence-electron chi connectivity index (χ4n) is 1.18. The summed E-state index contributed by atoms with van der Waals surface area (Å²) in [7, 11) is 0. The number of hydrogen-bond donors (Lipinski definition) is 2. The first-order valence-electron chi connectivity index (χ1n) is 4.68. The first kappa shape index (κ1) is 10.8. The standard InChI is InChI=1S/C10H15NO3/c1-6(2)5-8(10(13)14)11-9(12)7-3-4-7/h7-8H,1,3-5H2,2H3,(H,11,12)(H,13,14)/t8-/m0/s1. The quantitative estimate of drug-likeness (QED) is 0.644. The van der Waals surface area contributed by atoms with Gasteiger partial charge in [-0.05, 0) is 26.2 Å². The number of aliphatic carboxylic acids is 1. The molecular weight excluding hydrogens is 182 g/mol. The van der Waals surface area contributed by atoms with Gasteiger partial charge in [0.2, 0.25) is 5.91 Å². The lowest BCUT2D eigenvalue weighted by molar-refractivity contribution is -0.141. The molecule has 4 heteroatoms. The average Bonchev–Trinajstić information content (AvgIpc) is 2.83. The zero-order valence-electron chi connectivity index (χ0n) is 8.25. The Hall–Kier alpha value is -1.32. The first-order valence-corrected chi connectivity index (χ1v) is 4.68. The Morgan fingerprint density at radius 3 is 2.50 bits per heavy atom. The summed E-state index contributed by atoms with van der Waals surface area (Å²) in [4.78, 5) is 22.1. The van der Waals surface area contributed by atoms with Crippen molar-refractivity contribution in [3.63, 3.8) is 0 Å². The molecule has 0 aliphatic heterocycles. The van der Waals surface area contributed by atoms with Crippen LogP contribution in [-0.2, 0) is 9.59 Å². The summed E-state index contributed by atoms with van der Waals surface area (Å²) in [6.07, 6.45) is 2.06. The highest BCUT2D eigenvalue weighted by atomic mass is 16.4. The number of rotatable bonds is 5. The second-order valence-electron chi connectivity index (χ2n) is 3.83. The Morgan fingerprint density at radius 2 is 2.14 bits per heavy atom. The predicted molar refractivity (Wildman–Crippen MR) is 51.7 cm³/mol. The van der Waals surface area contributed by atoms with Gasteiger partial charge in [0.15, 0.2) is 0 Å². The molecule has 78 valence electrons. The van der Waals surface area contributed by atoms with Crippen LogP contribution in [0, 0.1) is 5.92 Å². The van der Waals surface area contributed by atoms with Crippen LogP contribution in [0.1, 0.15) is 26.2 Å². The summed E-state index contributed by atoms with van der Waals surface area (Å²) in [6, 6.07) is -0.819. The predicted octanol–water partition coefficient (Wildman–Crippen LogP) is 0.932. The van der Waals surface area contributed by atoms with Gasteiger partial charge in [-0.15, -0.1) is 6.58 Å². The molecule has 0 spiro atoms. The number of hydrogen-bond acceptors (Lipinski definition) is 2. The van der Waals surface area contributed by atoms with Crippen LogP contribution >= 0.6 is 0 Å². The van der Waals surface area contributed by atoms with E-state index in [1.165, 1.54) is 0 Å². The summed E-state index contributed by atoms with van der Waals surface area (Å²) in [5.74, 6) is -1.09. The zero-order chi connectivity index (χ0) is 10.7. The molecule has 1 fully saturated rings. The molecule has 1 amide bonds. The lowest BCUT2D eigenvalue weighted by atomic mass is 10.1. The number of nitrogens with one attached hydrogen (secondary N) is 1. The van der Waals surface area contributed by atoms with E-state index in [0.717, 1.165) is 18.4 Å². The van der Waals surface area contributed by atoms with E-state index in [2.05, 4.69) is 11.9 Å². The molecule has 1 aliphatic rings. The molecule has 4 nitrogen and oxygen atoms in total. The summed E-state index contributed by atoms with van der Waals surface area (Å²) in [5, 5.41) is 11.3. The van der Waals surface area contributed by atoms with E-state index in [1.807, 2.05) is 0 Å². The van der Waals surface area contributed by atoms with Gasteiger partial charge in [0.25, 0.3) is 0 Å². The molecule has 0 radical (unpaired) electrons. The summed E-state index contributed by atoms with van der Waals surface area (Å²) in [5.41, 5.74) is 0.758. The molecule has 1 atom stereocenters. The molecule has 0 aromatic rings. The molecule has 1 saturated carbocycles. The second kappa shape index (κ2) is 4.26.